The second-order valence-corrected chi connectivity index (χ2v) is 6.23. The third-order valence-electron chi connectivity index (χ3n) is 4.33. The van der Waals surface area contributed by atoms with Gasteiger partial charge in [0.1, 0.15) is 5.82 Å². The summed E-state index contributed by atoms with van der Waals surface area (Å²) in [6.45, 7) is 2.31. The van der Waals surface area contributed by atoms with Crippen molar-refractivity contribution in [3.63, 3.8) is 0 Å². The summed E-state index contributed by atoms with van der Waals surface area (Å²) < 4.78 is 0. The molecule has 1 aromatic carbocycles. The van der Waals surface area contributed by atoms with E-state index in [0.29, 0.717) is 5.88 Å². The van der Waals surface area contributed by atoms with Crippen LogP contribution in [0.5, 0.6) is 0 Å². The number of rotatable bonds is 3. The highest BCUT2D eigenvalue weighted by Crippen LogP contribution is 2.35. The number of nitrogens with one attached hydrogen (secondary N) is 1. The largest absolute Gasteiger partial charge is 0.362 e. The molecule has 1 heterocycles. The number of nitrogens with zero attached hydrogens (tertiary/aromatic N) is 2. The van der Waals surface area contributed by atoms with Crippen molar-refractivity contribution >= 4 is 28.5 Å². The Labute approximate surface area is 124 Å². The number of alkyl halides is 1. The first kappa shape index (κ1) is 13.6. The highest BCUT2D eigenvalue weighted by atomic mass is 35.5. The summed E-state index contributed by atoms with van der Waals surface area (Å²) in [6, 6.07) is 7.93. The van der Waals surface area contributed by atoms with Gasteiger partial charge in [-0.05, 0) is 43.7 Å². The molecule has 1 aliphatic rings. The van der Waals surface area contributed by atoms with E-state index in [-0.39, 0.29) is 5.54 Å². The Kier molecular flexibility index (Phi) is 3.79. The first-order valence-electron chi connectivity index (χ1n) is 7.27. The van der Waals surface area contributed by atoms with Crippen molar-refractivity contribution in [1.82, 2.24) is 9.97 Å². The van der Waals surface area contributed by atoms with Gasteiger partial charge in [-0.2, -0.15) is 0 Å². The maximum atomic E-state index is 6.24. The van der Waals surface area contributed by atoms with Crippen molar-refractivity contribution in [2.75, 3.05) is 11.2 Å². The summed E-state index contributed by atoms with van der Waals surface area (Å²) in [6.07, 6.45) is 6.47. The predicted molar refractivity (Wildman–Crippen MR) is 84.2 cm³/mol. The van der Waals surface area contributed by atoms with Gasteiger partial charge in [-0.3, -0.25) is 4.98 Å². The summed E-state index contributed by atoms with van der Waals surface area (Å²) in [4.78, 5) is 9.11. The summed E-state index contributed by atoms with van der Waals surface area (Å²) in [5, 5.41) is 3.55. The van der Waals surface area contributed by atoms with Crippen LogP contribution in [-0.2, 0) is 0 Å². The summed E-state index contributed by atoms with van der Waals surface area (Å²) in [5.74, 6) is 2.25. The van der Waals surface area contributed by atoms with E-state index in [1.807, 2.05) is 30.5 Å². The summed E-state index contributed by atoms with van der Waals surface area (Å²) >= 11 is 6.24. The second-order valence-electron chi connectivity index (χ2n) is 5.97. The van der Waals surface area contributed by atoms with Crippen LogP contribution in [0, 0.1) is 5.92 Å². The zero-order chi connectivity index (χ0) is 14.0. The Bertz CT molecular complexity index is 591. The van der Waals surface area contributed by atoms with E-state index in [1.165, 1.54) is 12.8 Å². The number of hydrogen-bond donors (Lipinski definition) is 1. The fourth-order valence-electron chi connectivity index (χ4n) is 2.90. The molecule has 2 aromatic rings. The van der Waals surface area contributed by atoms with Gasteiger partial charge in [0, 0.05) is 5.88 Å². The summed E-state index contributed by atoms with van der Waals surface area (Å²) in [5.41, 5.74) is 1.83. The van der Waals surface area contributed by atoms with E-state index < -0.39 is 0 Å². The van der Waals surface area contributed by atoms with E-state index in [9.17, 15) is 0 Å². The van der Waals surface area contributed by atoms with E-state index in [2.05, 4.69) is 22.2 Å². The SMILES string of the molecule is CC1CCC(CCl)(Nc2cnc3ccccc3n2)CC1. The smallest absolute Gasteiger partial charge is 0.145 e. The molecular formula is C16H20ClN3. The van der Waals surface area contributed by atoms with E-state index in [0.717, 1.165) is 35.6 Å². The molecule has 0 spiro atoms. The molecule has 1 aromatic heterocycles. The van der Waals surface area contributed by atoms with Crippen LogP contribution < -0.4 is 5.32 Å². The van der Waals surface area contributed by atoms with Crippen molar-refractivity contribution in [1.29, 1.82) is 0 Å². The van der Waals surface area contributed by atoms with Gasteiger partial charge in [-0.25, -0.2) is 4.98 Å². The third-order valence-corrected chi connectivity index (χ3v) is 4.84. The molecule has 4 heteroatoms. The number of hydrogen-bond acceptors (Lipinski definition) is 3. The topological polar surface area (TPSA) is 37.8 Å². The molecule has 1 saturated carbocycles. The van der Waals surface area contributed by atoms with Crippen molar-refractivity contribution in [3.05, 3.63) is 30.5 Å². The second kappa shape index (κ2) is 5.57. The Morgan fingerprint density at radius 3 is 2.65 bits per heavy atom. The van der Waals surface area contributed by atoms with Crippen molar-refractivity contribution in [2.45, 2.75) is 38.1 Å². The van der Waals surface area contributed by atoms with Crippen LogP contribution in [0.4, 0.5) is 5.82 Å². The molecule has 0 radical (unpaired) electrons. The van der Waals surface area contributed by atoms with Crippen LogP contribution in [0.15, 0.2) is 30.5 Å². The standard InChI is InChI=1S/C16H20ClN3/c1-12-6-8-16(11-17,9-7-12)20-15-10-18-13-4-2-3-5-14(13)19-15/h2-5,10,12H,6-9,11H2,1H3,(H,19,20). The quantitative estimate of drug-likeness (QED) is 0.859. The van der Waals surface area contributed by atoms with E-state index in [4.69, 9.17) is 11.6 Å². The molecule has 0 aliphatic heterocycles. The monoisotopic (exact) mass is 289 g/mol. The Hall–Kier alpha value is -1.35. The Balaban J connectivity index is 1.83. The predicted octanol–water partition coefficient (Wildman–Crippen LogP) is 4.23. The molecule has 106 valence electrons. The lowest BCUT2D eigenvalue weighted by Crippen LogP contribution is -2.43. The Morgan fingerprint density at radius 1 is 1.25 bits per heavy atom. The third kappa shape index (κ3) is 2.73. The highest BCUT2D eigenvalue weighted by molar-refractivity contribution is 6.18. The molecule has 3 nitrogen and oxygen atoms in total. The molecule has 0 unspecified atom stereocenters. The van der Waals surface area contributed by atoms with Crippen LogP contribution in [0.1, 0.15) is 32.6 Å². The van der Waals surface area contributed by atoms with Crippen molar-refractivity contribution in [3.8, 4) is 0 Å². The minimum atomic E-state index is -0.0226. The van der Waals surface area contributed by atoms with Gasteiger partial charge in [0.05, 0.1) is 22.8 Å². The fourth-order valence-corrected chi connectivity index (χ4v) is 3.23. The number of fused-ring (bicyclic) bond motifs is 1. The molecule has 0 saturated heterocycles. The number of aromatic nitrogens is 2. The van der Waals surface area contributed by atoms with Crippen LogP contribution in [-0.4, -0.2) is 21.4 Å². The van der Waals surface area contributed by atoms with Gasteiger partial charge < -0.3 is 5.32 Å². The lowest BCUT2D eigenvalue weighted by atomic mass is 9.78. The van der Waals surface area contributed by atoms with Gasteiger partial charge in [-0.15, -0.1) is 11.6 Å². The lowest BCUT2D eigenvalue weighted by molar-refractivity contribution is 0.286. The van der Waals surface area contributed by atoms with Gasteiger partial charge in [0.15, 0.2) is 0 Å². The van der Waals surface area contributed by atoms with Gasteiger partial charge in [-0.1, -0.05) is 19.1 Å². The summed E-state index contributed by atoms with van der Waals surface area (Å²) in [7, 11) is 0. The molecule has 0 bridgehead atoms. The van der Waals surface area contributed by atoms with Crippen molar-refractivity contribution < 1.29 is 0 Å². The van der Waals surface area contributed by atoms with E-state index >= 15 is 0 Å². The molecule has 20 heavy (non-hydrogen) atoms. The van der Waals surface area contributed by atoms with Gasteiger partial charge in [0.2, 0.25) is 0 Å². The zero-order valence-electron chi connectivity index (χ0n) is 11.8. The van der Waals surface area contributed by atoms with Crippen LogP contribution in [0.2, 0.25) is 0 Å². The molecule has 0 atom stereocenters. The fraction of sp³-hybridized carbons (Fsp3) is 0.500. The Morgan fingerprint density at radius 2 is 1.95 bits per heavy atom. The first-order chi connectivity index (χ1) is 9.71. The number of halogens is 1. The number of benzene rings is 1. The van der Waals surface area contributed by atoms with Crippen molar-refractivity contribution in [2.24, 2.45) is 5.92 Å². The molecular weight excluding hydrogens is 270 g/mol. The molecule has 3 rings (SSSR count). The van der Waals surface area contributed by atoms with Crippen LogP contribution in [0.3, 0.4) is 0 Å². The van der Waals surface area contributed by atoms with Gasteiger partial charge in [0.25, 0.3) is 0 Å². The minimum Gasteiger partial charge on any atom is -0.362 e. The first-order valence-corrected chi connectivity index (χ1v) is 7.80. The van der Waals surface area contributed by atoms with E-state index in [1.54, 1.807) is 0 Å². The maximum absolute atomic E-state index is 6.24. The number of anilines is 1. The molecule has 1 fully saturated rings. The molecule has 1 aliphatic carbocycles. The number of para-hydroxylation sites is 2. The lowest BCUT2D eigenvalue weighted by Gasteiger charge is -2.39. The normalized spacial score (nSPS) is 26.6. The molecule has 1 N–H and O–H groups in total. The average Bonchev–Trinajstić information content (AvgIpc) is 2.50. The highest BCUT2D eigenvalue weighted by Gasteiger charge is 2.33. The van der Waals surface area contributed by atoms with Crippen LogP contribution in [0.25, 0.3) is 11.0 Å². The maximum Gasteiger partial charge on any atom is 0.145 e. The minimum absolute atomic E-state index is 0.0226. The zero-order valence-corrected chi connectivity index (χ0v) is 12.5. The molecule has 0 amide bonds. The van der Waals surface area contributed by atoms with Gasteiger partial charge >= 0.3 is 0 Å². The average molecular weight is 290 g/mol. The van der Waals surface area contributed by atoms with Crippen LogP contribution >= 0.6 is 11.6 Å².